The van der Waals surface area contributed by atoms with Gasteiger partial charge >= 0.3 is 0 Å². The van der Waals surface area contributed by atoms with Crippen molar-refractivity contribution in [2.75, 3.05) is 7.11 Å². The Bertz CT molecular complexity index is 686. The third-order valence-electron chi connectivity index (χ3n) is 3.15. The molecular formula is C16H14BrF2NO2. The first kappa shape index (κ1) is 16.4. The largest absolute Gasteiger partial charge is 0.496 e. The number of benzene rings is 2. The van der Waals surface area contributed by atoms with Gasteiger partial charge in [0.15, 0.2) is 0 Å². The number of methoxy groups -OCH3 is 1. The van der Waals surface area contributed by atoms with Crippen molar-refractivity contribution in [3.05, 3.63) is 63.6 Å². The monoisotopic (exact) mass is 369 g/mol. The third-order valence-corrected chi connectivity index (χ3v) is 3.77. The van der Waals surface area contributed by atoms with Gasteiger partial charge < -0.3 is 10.1 Å². The van der Waals surface area contributed by atoms with Crippen LogP contribution in [0.25, 0.3) is 0 Å². The summed E-state index contributed by atoms with van der Waals surface area (Å²) in [6.07, 6.45) is 0. The van der Waals surface area contributed by atoms with Crippen LogP contribution in [0.4, 0.5) is 8.78 Å². The topological polar surface area (TPSA) is 38.3 Å². The number of carbonyl (C=O) groups excluding carboxylic acids is 1. The van der Waals surface area contributed by atoms with Crippen molar-refractivity contribution in [2.45, 2.75) is 13.0 Å². The molecule has 22 heavy (non-hydrogen) atoms. The van der Waals surface area contributed by atoms with E-state index in [0.29, 0.717) is 5.75 Å². The van der Waals surface area contributed by atoms with Crippen LogP contribution in [-0.2, 0) is 0 Å². The quantitative estimate of drug-likeness (QED) is 0.875. The molecule has 0 fully saturated rings. The summed E-state index contributed by atoms with van der Waals surface area (Å²) >= 11 is 3.37. The maximum Gasteiger partial charge on any atom is 0.251 e. The number of amides is 1. The Labute approximate surface area is 135 Å². The first-order valence-electron chi connectivity index (χ1n) is 6.51. The average molecular weight is 370 g/mol. The maximum atomic E-state index is 13.1. The van der Waals surface area contributed by atoms with Crippen LogP contribution in [-0.4, -0.2) is 13.0 Å². The fourth-order valence-corrected chi connectivity index (χ4v) is 2.56. The average Bonchev–Trinajstić information content (AvgIpc) is 2.46. The van der Waals surface area contributed by atoms with Gasteiger partial charge in [-0.3, -0.25) is 4.79 Å². The van der Waals surface area contributed by atoms with E-state index in [0.717, 1.165) is 28.2 Å². The molecule has 1 N–H and O–H groups in total. The Kier molecular flexibility index (Phi) is 5.13. The predicted octanol–water partition coefficient (Wildman–Crippen LogP) is 4.23. The van der Waals surface area contributed by atoms with Gasteiger partial charge in [-0.25, -0.2) is 8.78 Å². The highest BCUT2D eigenvalue weighted by atomic mass is 79.9. The number of rotatable bonds is 4. The van der Waals surface area contributed by atoms with Crippen molar-refractivity contribution in [2.24, 2.45) is 0 Å². The van der Waals surface area contributed by atoms with Crippen molar-refractivity contribution in [1.82, 2.24) is 5.32 Å². The van der Waals surface area contributed by atoms with Gasteiger partial charge in [-0.2, -0.15) is 0 Å². The summed E-state index contributed by atoms with van der Waals surface area (Å²) in [7, 11) is 1.56. The highest BCUT2D eigenvalue weighted by molar-refractivity contribution is 9.10. The highest BCUT2D eigenvalue weighted by Gasteiger charge is 2.14. The second-order valence-electron chi connectivity index (χ2n) is 4.75. The van der Waals surface area contributed by atoms with Gasteiger partial charge in [0.2, 0.25) is 0 Å². The van der Waals surface area contributed by atoms with Gasteiger partial charge in [-0.05, 0) is 52.7 Å². The zero-order valence-corrected chi connectivity index (χ0v) is 13.6. The molecule has 0 aliphatic heterocycles. The van der Waals surface area contributed by atoms with Crippen LogP contribution in [0.15, 0.2) is 40.9 Å². The Morgan fingerprint density at radius 1 is 1.18 bits per heavy atom. The zero-order chi connectivity index (χ0) is 16.3. The van der Waals surface area contributed by atoms with Crippen molar-refractivity contribution >= 4 is 21.8 Å². The van der Waals surface area contributed by atoms with E-state index < -0.39 is 17.5 Å². The van der Waals surface area contributed by atoms with Crippen LogP contribution in [0, 0.1) is 11.6 Å². The SMILES string of the molecule is COc1ccc([C@@H](C)NC(=O)c2cc(F)cc(F)c2)cc1Br. The molecule has 116 valence electrons. The lowest BCUT2D eigenvalue weighted by atomic mass is 10.1. The summed E-state index contributed by atoms with van der Waals surface area (Å²) in [6, 6.07) is 7.77. The highest BCUT2D eigenvalue weighted by Crippen LogP contribution is 2.28. The number of hydrogen-bond acceptors (Lipinski definition) is 2. The van der Waals surface area contributed by atoms with E-state index >= 15 is 0 Å². The summed E-state index contributed by atoms with van der Waals surface area (Å²) in [4.78, 5) is 12.1. The first-order valence-corrected chi connectivity index (χ1v) is 7.30. The molecule has 0 aliphatic carbocycles. The molecule has 2 aromatic carbocycles. The van der Waals surface area contributed by atoms with E-state index in [1.54, 1.807) is 26.2 Å². The number of carbonyl (C=O) groups is 1. The molecule has 0 aromatic heterocycles. The minimum absolute atomic E-state index is 0.0584. The van der Waals surface area contributed by atoms with E-state index in [-0.39, 0.29) is 11.6 Å². The van der Waals surface area contributed by atoms with E-state index in [9.17, 15) is 13.6 Å². The van der Waals surface area contributed by atoms with Crippen molar-refractivity contribution in [1.29, 1.82) is 0 Å². The molecule has 0 saturated carbocycles. The third kappa shape index (κ3) is 3.82. The maximum absolute atomic E-state index is 13.1. The summed E-state index contributed by atoms with van der Waals surface area (Å²) in [5.41, 5.74) is 0.773. The van der Waals surface area contributed by atoms with Crippen molar-refractivity contribution in [3.8, 4) is 5.75 Å². The minimum Gasteiger partial charge on any atom is -0.496 e. The molecule has 0 aliphatic rings. The molecule has 6 heteroatoms. The van der Waals surface area contributed by atoms with Crippen LogP contribution < -0.4 is 10.1 Å². The smallest absolute Gasteiger partial charge is 0.251 e. The van der Waals surface area contributed by atoms with Crippen LogP contribution >= 0.6 is 15.9 Å². The molecule has 0 bridgehead atoms. The Morgan fingerprint density at radius 3 is 2.36 bits per heavy atom. The van der Waals surface area contributed by atoms with Crippen LogP contribution in [0.5, 0.6) is 5.75 Å². The lowest BCUT2D eigenvalue weighted by molar-refractivity contribution is 0.0939. The molecule has 1 amide bonds. The molecule has 0 saturated heterocycles. The second-order valence-corrected chi connectivity index (χ2v) is 5.60. The summed E-state index contributed by atoms with van der Waals surface area (Å²) < 4.78 is 32.2. The normalized spacial score (nSPS) is 11.9. The van der Waals surface area contributed by atoms with Gasteiger partial charge in [0, 0.05) is 11.6 Å². The molecule has 0 radical (unpaired) electrons. The molecular weight excluding hydrogens is 356 g/mol. The lowest BCUT2D eigenvalue weighted by Gasteiger charge is -2.16. The molecule has 2 rings (SSSR count). The van der Waals surface area contributed by atoms with Crippen molar-refractivity contribution in [3.63, 3.8) is 0 Å². The van der Waals surface area contributed by atoms with E-state index in [4.69, 9.17) is 4.74 Å². The van der Waals surface area contributed by atoms with Crippen molar-refractivity contribution < 1.29 is 18.3 Å². The Hall–Kier alpha value is -1.95. The summed E-state index contributed by atoms with van der Waals surface area (Å²) in [6.45, 7) is 1.78. The summed E-state index contributed by atoms with van der Waals surface area (Å²) in [5, 5.41) is 2.70. The molecule has 1 atom stereocenters. The number of hydrogen-bond donors (Lipinski definition) is 1. The minimum atomic E-state index is -0.787. The lowest BCUT2D eigenvalue weighted by Crippen LogP contribution is -2.26. The predicted molar refractivity (Wildman–Crippen MR) is 82.9 cm³/mol. The number of halogens is 3. The van der Waals surface area contributed by atoms with Gasteiger partial charge in [-0.15, -0.1) is 0 Å². The van der Waals surface area contributed by atoms with Gasteiger partial charge in [-0.1, -0.05) is 6.07 Å². The summed E-state index contributed by atoms with van der Waals surface area (Å²) in [5.74, 6) is -1.44. The van der Waals surface area contributed by atoms with Gasteiger partial charge in [0.05, 0.1) is 17.6 Å². The fourth-order valence-electron chi connectivity index (χ4n) is 2.00. The Balaban J connectivity index is 2.15. The molecule has 0 unspecified atom stereocenters. The molecule has 0 spiro atoms. The van der Waals surface area contributed by atoms with E-state index in [1.165, 1.54) is 0 Å². The fraction of sp³-hybridized carbons (Fsp3) is 0.188. The number of nitrogens with one attached hydrogen (secondary N) is 1. The van der Waals surface area contributed by atoms with Gasteiger partial charge in [0.25, 0.3) is 5.91 Å². The molecule has 3 nitrogen and oxygen atoms in total. The standard InChI is InChI=1S/C16H14BrF2NO2/c1-9(10-3-4-15(22-2)14(17)7-10)20-16(21)11-5-12(18)8-13(19)6-11/h3-9H,1-2H3,(H,20,21)/t9-/m1/s1. The molecule has 0 heterocycles. The van der Waals surface area contributed by atoms with Crippen LogP contribution in [0.1, 0.15) is 28.9 Å². The molecule has 2 aromatic rings. The first-order chi connectivity index (χ1) is 10.4. The second kappa shape index (κ2) is 6.87. The van der Waals surface area contributed by atoms with E-state index in [2.05, 4.69) is 21.2 Å². The van der Waals surface area contributed by atoms with E-state index in [1.807, 2.05) is 6.07 Å². The number of ether oxygens (including phenoxy) is 1. The Morgan fingerprint density at radius 2 is 1.82 bits per heavy atom. The van der Waals surface area contributed by atoms with Crippen LogP contribution in [0.2, 0.25) is 0 Å². The van der Waals surface area contributed by atoms with Gasteiger partial charge in [0.1, 0.15) is 17.4 Å². The van der Waals surface area contributed by atoms with Crippen LogP contribution in [0.3, 0.4) is 0 Å². The zero-order valence-electron chi connectivity index (χ0n) is 12.0.